The van der Waals surface area contributed by atoms with Crippen LogP contribution in [0.15, 0.2) is 48.7 Å². The van der Waals surface area contributed by atoms with Gasteiger partial charge in [0.2, 0.25) is 5.91 Å². The number of benzene rings is 2. The van der Waals surface area contributed by atoms with Gasteiger partial charge in [0.05, 0.1) is 29.3 Å². The van der Waals surface area contributed by atoms with Crippen LogP contribution in [0.3, 0.4) is 0 Å². The summed E-state index contributed by atoms with van der Waals surface area (Å²) in [6, 6.07) is 9.30. The van der Waals surface area contributed by atoms with Gasteiger partial charge in [0.1, 0.15) is 11.6 Å². The number of carbonyl (C=O) groups is 2. The Kier molecular flexibility index (Phi) is 7.49. The van der Waals surface area contributed by atoms with Crippen LogP contribution in [0.2, 0.25) is 5.02 Å². The largest absolute Gasteiger partial charge is 0.496 e. The van der Waals surface area contributed by atoms with Crippen LogP contribution in [0, 0.1) is 11.7 Å². The van der Waals surface area contributed by atoms with E-state index in [4.69, 9.17) is 21.4 Å². The van der Waals surface area contributed by atoms with Gasteiger partial charge in [0, 0.05) is 34.6 Å². The van der Waals surface area contributed by atoms with Crippen LogP contribution in [0.4, 0.5) is 18.9 Å². The molecule has 1 heterocycles. The lowest BCUT2D eigenvalue weighted by atomic mass is 9.94. The molecule has 4 rings (SSSR count). The third kappa shape index (κ3) is 5.46. The first kappa shape index (κ1) is 25.5. The maximum Gasteiger partial charge on any atom is 0.335 e. The van der Waals surface area contributed by atoms with Crippen LogP contribution in [0.25, 0.3) is 11.1 Å². The summed E-state index contributed by atoms with van der Waals surface area (Å²) in [5, 5.41) is 11.5. The average molecular weight is 519 g/mol. The van der Waals surface area contributed by atoms with Gasteiger partial charge in [-0.1, -0.05) is 30.5 Å². The molecule has 3 aromatic rings. The van der Waals surface area contributed by atoms with Crippen molar-refractivity contribution in [2.24, 2.45) is 5.92 Å². The van der Waals surface area contributed by atoms with Crippen LogP contribution >= 0.6 is 11.6 Å². The number of alkyl halides is 2. The number of hydrogen-bond donors (Lipinski definition) is 2. The molecule has 1 aliphatic rings. The van der Waals surface area contributed by atoms with E-state index in [2.05, 4.69) is 10.3 Å². The first-order valence-electron chi connectivity index (χ1n) is 11.1. The Morgan fingerprint density at radius 1 is 1.19 bits per heavy atom. The minimum Gasteiger partial charge on any atom is -0.496 e. The number of anilines is 1. The first-order valence-corrected chi connectivity index (χ1v) is 11.5. The van der Waals surface area contributed by atoms with Crippen LogP contribution in [-0.4, -0.2) is 29.1 Å². The quantitative estimate of drug-likeness (QED) is 0.329. The molecule has 2 N–H and O–H groups in total. The lowest BCUT2D eigenvalue weighted by Crippen LogP contribution is -2.23. The zero-order valence-electron chi connectivity index (χ0n) is 19.1. The molecule has 0 spiro atoms. The maximum absolute atomic E-state index is 14.9. The smallest absolute Gasteiger partial charge is 0.335 e. The Hall–Kier alpha value is -3.59. The number of aromatic nitrogens is 1. The second-order valence-corrected chi connectivity index (χ2v) is 8.95. The summed E-state index contributed by atoms with van der Waals surface area (Å²) in [4.78, 5) is 28.6. The molecule has 1 atom stereocenters. The van der Waals surface area contributed by atoms with E-state index in [9.17, 15) is 22.8 Å². The number of hydrogen-bond acceptors (Lipinski definition) is 4. The summed E-state index contributed by atoms with van der Waals surface area (Å²) >= 11 is 5.86. The summed E-state index contributed by atoms with van der Waals surface area (Å²) < 4.78 is 47.5. The van der Waals surface area contributed by atoms with Gasteiger partial charge >= 0.3 is 5.97 Å². The van der Waals surface area contributed by atoms with E-state index >= 15 is 0 Å². The number of methoxy groups -OCH3 is 1. The molecule has 1 aromatic heterocycles. The molecular weight excluding hydrogens is 497 g/mol. The summed E-state index contributed by atoms with van der Waals surface area (Å²) in [5.41, 5.74) is -0.135. The molecule has 1 fully saturated rings. The maximum atomic E-state index is 14.9. The highest BCUT2D eigenvalue weighted by Gasteiger charge is 2.32. The van der Waals surface area contributed by atoms with Crippen LogP contribution in [-0.2, 0) is 4.79 Å². The molecule has 1 amide bonds. The third-order valence-electron chi connectivity index (χ3n) is 6.08. The van der Waals surface area contributed by atoms with Crippen molar-refractivity contribution in [2.75, 3.05) is 12.4 Å². The van der Waals surface area contributed by atoms with Gasteiger partial charge in [0.25, 0.3) is 6.43 Å². The van der Waals surface area contributed by atoms with E-state index in [0.29, 0.717) is 23.7 Å². The molecule has 36 heavy (non-hydrogen) atoms. The molecule has 10 heteroatoms. The SMILES string of the molecule is COc1cc([C@@H](CC2CC2)C(=O)Nc2ccc(C(=O)O)cc2)ncc1-c1c(C(F)F)ccc(Cl)c1F. The first-order chi connectivity index (χ1) is 17.2. The summed E-state index contributed by atoms with van der Waals surface area (Å²) in [6.45, 7) is 0. The van der Waals surface area contributed by atoms with Crippen molar-refractivity contribution < 1.29 is 32.6 Å². The standard InChI is InChI=1S/C26H22ClF3N2O4/c1-36-21-11-20(31-12-18(21)22-16(24(29)30)8-9-19(27)23(22)28)17(10-13-2-3-13)25(33)32-15-6-4-14(5-7-15)26(34)35/h4-9,11-13,17,24H,2-3,10H2,1H3,(H,32,33)(H,34,35)/t17-/m1/s1. The topological polar surface area (TPSA) is 88.5 Å². The normalized spacial score (nSPS) is 13.9. The summed E-state index contributed by atoms with van der Waals surface area (Å²) in [5.74, 6) is -2.75. The number of carbonyl (C=O) groups excluding carboxylic acids is 1. The highest BCUT2D eigenvalue weighted by atomic mass is 35.5. The van der Waals surface area contributed by atoms with Gasteiger partial charge in [0.15, 0.2) is 0 Å². The molecule has 0 bridgehead atoms. The van der Waals surface area contributed by atoms with E-state index in [0.717, 1.165) is 25.0 Å². The molecule has 2 aromatic carbocycles. The Morgan fingerprint density at radius 3 is 2.47 bits per heavy atom. The number of ether oxygens (including phenoxy) is 1. The predicted molar refractivity (Wildman–Crippen MR) is 128 cm³/mol. The number of nitrogens with zero attached hydrogens (tertiary/aromatic N) is 1. The second kappa shape index (κ2) is 10.6. The van der Waals surface area contributed by atoms with E-state index in [1.807, 2.05) is 0 Å². The van der Waals surface area contributed by atoms with E-state index in [1.54, 1.807) is 0 Å². The van der Waals surface area contributed by atoms with Gasteiger partial charge in [-0.2, -0.15) is 0 Å². The molecule has 0 radical (unpaired) electrons. The highest BCUT2D eigenvalue weighted by molar-refractivity contribution is 6.31. The molecule has 0 aliphatic heterocycles. The average Bonchev–Trinajstić information content (AvgIpc) is 3.68. The van der Waals surface area contributed by atoms with Crippen molar-refractivity contribution in [3.8, 4) is 16.9 Å². The van der Waals surface area contributed by atoms with Gasteiger partial charge in [-0.15, -0.1) is 0 Å². The fourth-order valence-electron chi connectivity index (χ4n) is 3.99. The number of carboxylic acids is 1. The van der Waals surface area contributed by atoms with Crippen LogP contribution in [0.5, 0.6) is 5.75 Å². The van der Waals surface area contributed by atoms with Gasteiger partial charge in [-0.05, 0) is 42.7 Å². The Balaban J connectivity index is 1.69. The van der Waals surface area contributed by atoms with Gasteiger partial charge in [-0.3, -0.25) is 9.78 Å². The number of amides is 1. The van der Waals surface area contributed by atoms with E-state index < -0.39 is 35.3 Å². The summed E-state index contributed by atoms with van der Waals surface area (Å²) in [7, 11) is 1.31. The number of aromatic carboxylic acids is 1. The van der Waals surface area contributed by atoms with Crippen molar-refractivity contribution in [3.05, 3.63) is 76.3 Å². The molecule has 1 aliphatic carbocycles. The molecule has 1 saturated carbocycles. The molecule has 6 nitrogen and oxygen atoms in total. The zero-order valence-corrected chi connectivity index (χ0v) is 19.9. The Bertz CT molecular complexity index is 1300. The third-order valence-corrected chi connectivity index (χ3v) is 6.37. The minimum absolute atomic E-state index is 0.00797. The predicted octanol–water partition coefficient (Wildman–Crippen LogP) is 6.71. The lowest BCUT2D eigenvalue weighted by Gasteiger charge is -2.19. The van der Waals surface area contributed by atoms with Crippen molar-refractivity contribution in [2.45, 2.75) is 31.6 Å². The monoisotopic (exact) mass is 518 g/mol. The van der Waals surface area contributed by atoms with E-state index in [-0.39, 0.29) is 27.8 Å². The Labute approximate surface area is 210 Å². The fraction of sp³-hybridized carbons (Fsp3) is 0.269. The van der Waals surface area contributed by atoms with Crippen LogP contribution < -0.4 is 10.1 Å². The molecule has 0 unspecified atom stereocenters. The van der Waals surface area contributed by atoms with Crippen molar-refractivity contribution >= 4 is 29.2 Å². The molecule has 188 valence electrons. The summed E-state index contributed by atoms with van der Waals surface area (Å²) in [6.07, 6.45) is 0.693. The number of rotatable bonds is 9. The van der Waals surface area contributed by atoms with E-state index in [1.165, 1.54) is 43.6 Å². The highest BCUT2D eigenvalue weighted by Crippen LogP contribution is 2.43. The number of halogens is 4. The van der Waals surface area contributed by atoms with Crippen molar-refractivity contribution in [3.63, 3.8) is 0 Å². The van der Waals surface area contributed by atoms with Crippen molar-refractivity contribution in [1.82, 2.24) is 4.98 Å². The number of nitrogens with one attached hydrogen (secondary N) is 1. The zero-order chi connectivity index (χ0) is 26.0. The second-order valence-electron chi connectivity index (χ2n) is 8.54. The lowest BCUT2D eigenvalue weighted by molar-refractivity contribution is -0.117. The van der Waals surface area contributed by atoms with Crippen molar-refractivity contribution in [1.29, 1.82) is 0 Å². The number of pyridine rings is 1. The molecular formula is C26H22ClF3N2O4. The minimum atomic E-state index is -2.96. The Morgan fingerprint density at radius 2 is 1.89 bits per heavy atom. The van der Waals surface area contributed by atoms with Gasteiger partial charge in [-0.25, -0.2) is 18.0 Å². The van der Waals surface area contributed by atoms with Crippen LogP contribution in [0.1, 0.15) is 53.2 Å². The molecule has 0 saturated heterocycles. The fourth-order valence-corrected chi connectivity index (χ4v) is 4.15. The van der Waals surface area contributed by atoms with Gasteiger partial charge < -0.3 is 15.2 Å². The number of carboxylic acid groups (broad SMARTS) is 1.